The molecule has 0 saturated carbocycles. The van der Waals surface area contributed by atoms with Gasteiger partial charge in [-0.3, -0.25) is 4.98 Å². The molecule has 10 aromatic rings. The van der Waals surface area contributed by atoms with Crippen LogP contribution in [0.25, 0.3) is 71.9 Å². The average molecular weight is 683 g/mol. The summed E-state index contributed by atoms with van der Waals surface area (Å²) in [5, 5.41) is 4.87. The van der Waals surface area contributed by atoms with Crippen LogP contribution in [0.3, 0.4) is 0 Å². The molecular formula is C46H30N6O+2. The standard InChI is InChI=1S/C46H30N6O/c1-27-42(29-18-19-32-33-22-23-47-26-38(33)49(37(32)25-29)30-11-4-3-5-12-30)28(2)52-46-43-36(51(27)52)15-10-16-39(43)53-40-21-20-34-31-13-6-7-14-35(31)50(45(34)44(40)46)41-17-8-9-24-48(41)46/h3-26H,1-2H3/q+2. The summed E-state index contributed by atoms with van der Waals surface area (Å²) in [6.45, 7) is 4.56. The summed E-state index contributed by atoms with van der Waals surface area (Å²) in [5.41, 5.74) is 13.3. The molecule has 0 aliphatic carbocycles. The highest BCUT2D eigenvalue weighted by Crippen LogP contribution is 2.56. The van der Waals surface area contributed by atoms with Gasteiger partial charge in [-0.05, 0) is 79.2 Å². The van der Waals surface area contributed by atoms with Gasteiger partial charge < -0.3 is 9.30 Å². The van der Waals surface area contributed by atoms with Crippen LogP contribution in [-0.4, -0.2) is 18.8 Å². The lowest BCUT2D eigenvalue weighted by Gasteiger charge is -2.33. The number of nitrogens with zero attached hydrogens (tertiary/aromatic N) is 6. The van der Waals surface area contributed by atoms with Gasteiger partial charge >= 0.3 is 5.66 Å². The van der Waals surface area contributed by atoms with Crippen LogP contribution in [0, 0.1) is 13.8 Å². The van der Waals surface area contributed by atoms with E-state index in [1.54, 1.807) is 0 Å². The first kappa shape index (κ1) is 27.7. The number of pyridine rings is 2. The number of hydrogen-bond donors (Lipinski definition) is 0. The van der Waals surface area contributed by atoms with Gasteiger partial charge in [0.1, 0.15) is 28.3 Å². The highest BCUT2D eigenvalue weighted by molar-refractivity contribution is 6.12. The van der Waals surface area contributed by atoms with Gasteiger partial charge in [0, 0.05) is 46.4 Å². The zero-order valence-electron chi connectivity index (χ0n) is 28.9. The van der Waals surface area contributed by atoms with E-state index in [-0.39, 0.29) is 0 Å². The van der Waals surface area contributed by atoms with Crippen LogP contribution in [-0.2, 0) is 5.66 Å². The smallest absolute Gasteiger partial charge is 0.397 e. The summed E-state index contributed by atoms with van der Waals surface area (Å²) in [7, 11) is 0. The quantitative estimate of drug-likeness (QED) is 0.171. The topological polar surface area (TPSA) is 44.7 Å². The Morgan fingerprint density at radius 2 is 1.43 bits per heavy atom. The molecule has 13 rings (SSSR count). The van der Waals surface area contributed by atoms with Crippen molar-refractivity contribution in [2.45, 2.75) is 19.5 Å². The number of rotatable bonds is 2. The molecule has 0 radical (unpaired) electrons. The lowest BCUT2D eigenvalue weighted by atomic mass is 9.84. The normalized spacial score (nSPS) is 16.0. The SMILES string of the molecule is Cc1c(-c2ccc3c4ccncc4n(-c4ccccc4)c3c2)c(C)[n+]2n1-c1cccc3c1C21c2c(ccc4c5ccccc5n(c24)-c2cccc[n+]21)O3. The van der Waals surface area contributed by atoms with Gasteiger partial charge in [0.05, 0.1) is 34.7 Å². The maximum atomic E-state index is 6.91. The minimum atomic E-state index is -0.734. The maximum Gasteiger partial charge on any atom is 0.397 e. The molecule has 0 bridgehead atoms. The first-order chi connectivity index (χ1) is 26.2. The molecule has 0 N–H and O–H groups in total. The molecule has 5 aromatic heterocycles. The van der Waals surface area contributed by atoms with Crippen molar-refractivity contribution in [3.8, 4) is 39.8 Å². The molecule has 53 heavy (non-hydrogen) atoms. The van der Waals surface area contributed by atoms with Crippen molar-refractivity contribution in [1.29, 1.82) is 0 Å². The average Bonchev–Trinajstić information content (AvgIpc) is 3.90. The highest BCUT2D eigenvalue weighted by atomic mass is 16.5. The zero-order valence-corrected chi connectivity index (χ0v) is 28.9. The van der Waals surface area contributed by atoms with Gasteiger partial charge in [-0.25, -0.2) is 0 Å². The molecule has 248 valence electrons. The lowest BCUT2D eigenvalue weighted by molar-refractivity contribution is -0.995. The van der Waals surface area contributed by atoms with Crippen molar-refractivity contribution in [3.05, 3.63) is 168 Å². The molecule has 3 aliphatic rings. The predicted molar refractivity (Wildman–Crippen MR) is 206 cm³/mol. The number of aromatic nitrogens is 6. The second kappa shape index (κ2) is 9.26. The van der Waals surface area contributed by atoms with Crippen LogP contribution in [0.4, 0.5) is 0 Å². The minimum absolute atomic E-state index is 0.734. The Balaban J connectivity index is 1.18. The Labute approximate surface area is 303 Å². The van der Waals surface area contributed by atoms with E-state index in [0.29, 0.717) is 0 Å². The van der Waals surface area contributed by atoms with Crippen LogP contribution in [0.2, 0.25) is 0 Å². The summed E-state index contributed by atoms with van der Waals surface area (Å²) in [6, 6.07) is 46.0. The van der Waals surface area contributed by atoms with Crippen LogP contribution in [0.1, 0.15) is 22.5 Å². The van der Waals surface area contributed by atoms with Crippen LogP contribution in [0.5, 0.6) is 11.5 Å². The first-order valence-electron chi connectivity index (χ1n) is 18.1. The van der Waals surface area contributed by atoms with E-state index in [2.05, 4.69) is 175 Å². The van der Waals surface area contributed by atoms with Crippen molar-refractivity contribution in [1.82, 2.24) is 18.8 Å². The summed E-state index contributed by atoms with van der Waals surface area (Å²) >= 11 is 0. The summed E-state index contributed by atoms with van der Waals surface area (Å²) in [4.78, 5) is 4.54. The Kier molecular flexibility index (Phi) is 4.84. The molecule has 3 aliphatic heterocycles. The van der Waals surface area contributed by atoms with E-state index in [0.717, 1.165) is 45.3 Å². The number of fused-ring (bicyclic) bond motifs is 10. The third-order valence-electron chi connectivity index (χ3n) is 12.1. The van der Waals surface area contributed by atoms with Crippen LogP contribution < -0.4 is 14.0 Å². The van der Waals surface area contributed by atoms with Crippen molar-refractivity contribution in [3.63, 3.8) is 0 Å². The molecule has 5 aromatic carbocycles. The largest absolute Gasteiger partial charge is 0.456 e. The minimum Gasteiger partial charge on any atom is -0.456 e. The van der Waals surface area contributed by atoms with Gasteiger partial charge in [0.2, 0.25) is 5.69 Å². The maximum absolute atomic E-state index is 6.91. The van der Waals surface area contributed by atoms with Gasteiger partial charge in [-0.1, -0.05) is 59.3 Å². The monoisotopic (exact) mass is 682 g/mol. The Bertz CT molecular complexity index is 3290. The lowest BCUT2D eigenvalue weighted by Crippen LogP contribution is -2.77. The summed E-state index contributed by atoms with van der Waals surface area (Å²) in [5.74, 6) is 2.89. The summed E-state index contributed by atoms with van der Waals surface area (Å²) < 4.78 is 19.2. The van der Waals surface area contributed by atoms with Gasteiger partial charge in [0.25, 0.3) is 5.82 Å². The second-order valence-corrected chi connectivity index (χ2v) is 14.5. The predicted octanol–water partition coefficient (Wildman–Crippen LogP) is 8.96. The fraction of sp³-hybridized carbons (Fsp3) is 0.0652. The number of ether oxygens (including phenoxy) is 1. The first-order valence-corrected chi connectivity index (χ1v) is 18.1. The fourth-order valence-electron chi connectivity index (χ4n) is 10.3. The van der Waals surface area contributed by atoms with E-state index >= 15 is 0 Å². The van der Waals surface area contributed by atoms with Gasteiger partial charge in [0.15, 0.2) is 11.1 Å². The van der Waals surface area contributed by atoms with E-state index in [1.807, 2.05) is 12.4 Å². The van der Waals surface area contributed by atoms with Crippen molar-refractivity contribution >= 4 is 43.6 Å². The molecule has 0 fully saturated rings. The molecule has 0 amide bonds. The number of benzene rings is 5. The zero-order chi connectivity index (χ0) is 34.7. The molecule has 7 heteroatoms. The molecule has 0 saturated heterocycles. The molecule has 8 heterocycles. The fourth-order valence-corrected chi connectivity index (χ4v) is 10.3. The Morgan fingerprint density at radius 3 is 2.36 bits per heavy atom. The van der Waals surface area contributed by atoms with E-state index in [1.165, 1.54) is 60.7 Å². The van der Waals surface area contributed by atoms with Gasteiger partial charge in [-0.2, -0.15) is 9.13 Å². The summed E-state index contributed by atoms with van der Waals surface area (Å²) in [6.07, 6.45) is 6.13. The molecule has 1 atom stereocenters. The third-order valence-corrected chi connectivity index (χ3v) is 12.1. The van der Waals surface area contributed by atoms with E-state index in [4.69, 9.17) is 4.74 Å². The molecule has 1 unspecified atom stereocenters. The van der Waals surface area contributed by atoms with Crippen LogP contribution >= 0.6 is 0 Å². The highest BCUT2D eigenvalue weighted by Gasteiger charge is 2.69. The molecule has 7 nitrogen and oxygen atoms in total. The second-order valence-electron chi connectivity index (χ2n) is 14.5. The van der Waals surface area contributed by atoms with E-state index < -0.39 is 5.66 Å². The van der Waals surface area contributed by atoms with E-state index in [9.17, 15) is 0 Å². The Hall–Kier alpha value is -6.99. The van der Waals surface area contributed by atoms with Crippen molar-refractivity contribution in [2.75, 3.05) is 0 Å². The van der Waals surface area contributed by atoms with Crippen LogP contribution in [0.15, 0.2) is 146 Å². The molecular weight excluding hydrogens is 653 g/mol. The number of para-hydroxylation sites is 2. The van der Waals surface area contributed by atoms with Gasteiger partial charge in [-0.15, -0.1) is 4.68 Å². The van der Waals surface area contributed by atoms with Crippen molar-refractivity contribution < 1.29 is 14.0 Å². The van der Waals surface area contributed by atoms with Crippen molar-refractivity contribution in [2.24, 2.45) is 0 Å². The third kappa shape index (κ3) is 3.02. The molecule has 1 spiro atoms. The number of hydrogen-bond acceptors (Lipinski definition) is 2. The Morgan fingerprint density at radius 1 is 0.642 bits per heavy atom.